The molecule has 18 heavy (non-hydrogen) atoms. The van der Waals surface area contributed by atoms with Crippen molar-refractivity contribution in [1.82, 2.24) is 0 Å². The summed E-state index contributed by atoms with van der Waals surface area (Å²) in [6.07, 6.45) is 14.8. The van der Waals surface area contributed by atoms with Crippen molar-refractivity contribution in [3.63, 3.8) is 0 Å². The van der Waals surface area contributed by atoms with Crippen LogP contribution in [0.3, 0.4) is 0 Å². The molecule has 2 heteroatoms. The third-order valence-electron chi connectivity index (χ3n) is 4.86. The summed E-state index contributed by atoms with van der Waals surface area (Å²) >= 11 is 0. The molecule has 5 unspecified atom stereocenters. The molecule has 100 valence electrons. The monoisotopic (exact) mass is 248 g/mol. The second-order valence-electron chi connectivity index (χ2n) is 6.03. The lowest BCUT2D eigenvalue weighted by Gasteiger charge is -2.12. The van der Waals surface area contributed by atoms with Gasteiger partial charge in [-0.05, 0) is 38.0 Å². The van der Waals surface area contributed by atoms with E-state index in [0.29, 0.717) is 18.3 Å². The summed E-state index contributed by atoms with van der Waals surface area (Å²) in [5.74, 6) is 0.744. The molecule has 4 rings (SSSR count). The van der Waals surface area contributed by atoms with E-state index < -0.39 is 0 Å². The second kappa shape index (κ2) is 4.82. The van der Waals surface area contributed by atoms with E-state index in [2.05, 4.69) is 19.2 Å². The van der Waals surface area contributed by atoms with Crippen molar-refractivity contribution in [2.75, 3.05) is 0 Å². The van der Waals surface area contributed by atoms with Crippen LogP contribution in [-0.2, 0) is 9.47 Å². The molecule has 2 saturated heterocycles. The maximum absolute atomic E-state index is 5.50. The van der Waals surface area contributed by atoms with E-state index in [4.69, 9.17) is 9.47 Å². The van der Waals surface area contributed by atoms with Crippen molar-refractivity contribution in [3.05, 3.63) is 25.3 Å². The Morgan fingerprint density at radius 1 is 1.06 bits per heavy atom. The lowest BCUT2D eigenvalue weighted by Crippen LogP contribution is -2.15. The fraction of sp³-hybridized carbons (Fsp3) is 0.750. The van der Waals surface area contributed by atoms with Gasteiger partial charge in [0.2, 0.25) is 0 Å². The van der Waals surface area contributed by atoms with Gasteiger partial charge in [0.1, 0.15) is 5.60 Å². The van der Waals surface area contributed by atoms with Crippen molar-refractivity contribution < 1.29 is 9.47 Å². The van der Waals surface area contributed by atoms with Crippen molar-refractivity contribution in [1.29, 1.82) is 0 Å². The van der Waals surface area contributed by atoms with Gasteiger partial charge in [0, 0.05) is 0 Å². The van der Waals surface area contributed by atoms with E-state index in [0.717, 1.165) is 5.92 Å². The molecule has 0 aromatic heterocycles. The predicted molar refractivity (Wildman–Crippen MR) is 72.5 cm³/mol. The first-order valence-electron chi connectivity index (χ1n) is 7.37. The number of rotatable bonds is 2. The van der Waals surface area contributed by atoms with Gasteiger partial charge in [0.25, 0.3) is 0 Å². The first-order chi connectivity index (χ1) is 8.77. The summed E-state index contributed by atoms with van der Waals surface area (Å²) in [6.45, 7) is 7.55. The first-order valence-corrected chi connectivity index (χ1v) is 7.37. The average Bonchev–Trinajstić information content (AvgIpc) is 3.31. The number of fused-ring (bicyclic) bond motifs is 2. The van der Waals surface area contributed by atoms with Crippen LogP contribution in [0.2, 0.25) is 0 Å². The molecule has 5 atom stereocenters. The fourth-order valence-corrected chi connectivity index (χ4v) is 3.42. The van der Waals surface area contributed by atoms with Crippen LogP contribution in [0.15, 0.2) is 25.3 Å². The van der Waals surface area contributed by atoms with E-state index in [9.17, 15) is 0 Å². The van der Waals surface area contributed by atoms with Crippen LogP contribution >= 0.6 is 0 Å². The van der Waals surface area contributed by atoms with Gasteiger partial charge in [-0.2, -0.15) is 0 Å². The lowest BCUT2D eigenvalue weighted by atomic mass is 9.89. The molecule has 2 aliphatic carbocycles. The van der Waals surface area contributed by atoms with Gasteiger partial charge in [0.15, 0.2) is 0 Å². The van der Waals surface area contributed by atoms with Crippen LogP contribution in [0, 0.1) is 5.92 Å². The maximum atomic E-state index is 5.50. The highest BCUT2D eigenvalue weighted by Gasteiger charge is 2.54. The molecule has 0 aromatic carbocycles. The van der Waals surface area contributed by atoms with Crippen LogP contribution in [0.1, 0.15) is 44.9 Å². The van der Waals surface area contributed by atoms with Crippen molar-refractivity contribution in [3.8, 4) is 0 Å². The Balaban J connectivity index is 0.000000111. The van der Waals surface area contributed by atoms with Gasteiger partial charge in [-0.15, -0.1) is 13.2 Å². The Morgan fingerprint density at radius 3 is 2.56 bits per heavy atom. The number of epoxide rings is 2. The van der Waals surface area contributed by atoms with Gasteiger partial charge in [-0.25, -0.2) is 0 Å². The molecule has 0 radical (unpaired) electrons. The molecule has 2 nitrogen and oxygen atoms in total. The number of hydrogen-bond donors (Lipinski definition) is 0. The number of hydrogen-bond acceptors (Lipinski definition) is 2. The van der Waals surface area contributed by atoms with E-state index >= 15 is 0 Å². The van der Waals surface area contributed by atoms with Crippen LogP contribution in [-0.4, -0.2) is 23.9 Å². The lowest BCUT2D eigenvalue weighted by molar-refractivity contribution is 0.329. The minimum Gasteiger partial charge on any atom is -0.370 e. The van der Waals surface area contributed by atoms with Gasteiger partial charge < -0.3 is 9.47 Å². The largest absolute Gasteiger partial charge is 0.370 e. The van der Waals surface area contributed by atoms with Gasteiger partial charge >= 0.3 is 0 Å². The maximum Gasteiger partial charge on any atom is 0.113 e. The van der Waals surface area contributed by atoms with Crippen molar-refractivity contribution in [2.45, 2.75) is 68.9 Å². The van der Waals surface area contributed by atoms with Crippen LogP contribution < -0.4 is 0 Å². The zero-order chi connectivity index (χ0) is 12.6. The molecule has 4 fully saturated rings. The van der Waals surface area contributed by atoms with E-state index in [1.165, 1.54) is 44.9 Å². The van der Waals surface area contributed by atoms with Gasteiger partial charge in [-0.1, -0.05) is 25.0 Å². The Labute approximate surface area is 110 Å². The molecule has 2 saturated carbocycles. The molecular weight excluding hydrogens is 224 g/mol. The third-order valence-corrected chi connectivity index (χ3v) is 4.86. The van der Waals surface area contributed by atoms with Crippen LogP contribution in [0.5, 0.6) is 0 Å². The van der Waals surface area contributed by atoms with Gasteiger partial charge in [-0.3, -0.25) is 0 Å². The molecule has 0 spiro atoms. The zero-order valence-electron chi connectivity index (χ0n) is 11.1. The Morgan fingerprint density at radius 2 is 1.94 bits per heavy atom. The highest BCUT2D eigenvalue weighted by Crippen LogP contribution is 2.48. The Hall–Kier alpha value is -0.600. The zero-order valence-corrected chi connectivity index (χ0v) is 11.1. The molecule has 2 aliphatic heterocycles. The van der Waals surface area contributed by atoms with Crippen LogP contribution in [0.4, 0.5) is 0 Å². The van der Waals surface area contributed by atoms with E-state index in [1.54, 1.807) is 0 Å². The average molecular weight is 248 g/mol. The molecule has 0 N–H and O–H groups in total. The van der Waals surface area contributed by atoms with Crippen molar-refractivity contribution in [2.24, 2.45) is 5.92 Å². The Kier molecular flexibility index (Phi) is 3.33. The quantitative estimate of drug-likeness (QED) is 0.551. The van der Waals surface area contributed by atoms with Gasteiger partial charge in [0.05, 0.1) is 18.3 Å². The van der Waals surface area contributed by atoms with E-state index in [-0.39, 0.29) is 5.60 Å². The SMILES string of the molecule is C=CC12CCCCC1O2.C=CC1CCC2OC2C1. The molecule has 2 heterocycles. The predicted octanol–water partition coefficient (Wildman–Crippen LogP) is 3.62. The molecule has 4 aliphatic rings. The summed E-state index contributed by atoms with van der Waals surface area (Å²) in [5, 5.41) is 0. The molecular formula is C16H24O2. The number of allylic oxidation sites excluding steroid dienone is 1. The highest BCUT2D eigenvalue weighted by atomic mass is 16.6. The smallest absolute Gasteiger partial charge is 0.113 e. The third kappa shape index (κ3) is 2.41. The van der Waals surface area contributed by atoms with Crippen LogP contribution in [0.25, 0.3) is 0 Å². The standard InChI is InChI=1S/2C8H12O/c1-2-6-3-4-7-8(5-6)9-7;1-2-8-6-4-3-5-7(8)9-8/h2,6-8H,1,3-5H2;2,7H,1,3-6H2. The summed E-state index contributed by atoms with van der Waals surface area (Å²) in [7, 11) is 0. The Bertz CT molecular complexity index is 338. The molecule has 0 amide bonds. The minimum absolute atomic E-state index is 0.151. The summed E-state index contributed by atoms with van der Waals surface area (Å²) in [4.78, 5) is 0. The molecule has 0 aromatic rings. The molecule has 0 bridgehead atoms. The van der Waals surface area contributed by atoms with Crippen molar-refractivity contribution >= 4 is 0 Å². The number of ether oxygens (including phenoxy) is 2. The van der Waals surface area contributed by atoms with E-state index in [1.807, 2.05) is 6.08 Å². The highest BCUT2D eigenvalue weighted by molar-refractivity contribution is 5.15. The summed E-state index contributed by atoms with van der Waals surface area (Å²) in [5.41, 5.74) is 0.151. The minimum atomic E-state index is 0.151. The summed E-state index contributed by atoms with van der Waals surface area (Å²) < 4.78 is 10.9. The first kappa shape index (κ1) is 12.4. The second-order valence-corrected chi connectivity index (χ2v) is 6.03. The normalized spacial score (nSPS) is 47.8. The topological polar surface area (TPSA) is 25.1 Å². The fourth-order valence-electron chi connectivity index (χ4n) is 3.42. The summed E-state index contributed by atoms with van der Waals surface area (Å²) in [6, 6.07) is 0.